The summed E-state index contributed by atoms with van der Waals surface area (Å²) in [6, 6.07) is 3.11. The lowest BCUT2D eigenvalue weighted by molar-refractivity contribution is -0.131. The van der Waals surface area contributed by atoms with Crippen LogP contribution in [0.1, 0.15) is 16.5 Å². The maximum atomic E-state index is 12.7. The predicted octanol–water partition coefficient (Wildman–Crippen LogP) is 3.98. The highest BCUT2D eigenvalue weighted by atomic mass is 35.5. The summed E-state index contributed by atoms with van der Waals surface area (Å²) in [7, 11) is 0. The highest BCUT2D eigenvalue weighted by molar-refractivity contribution is 6.21. The van der Waals surface area contributed by atoms with Crippen LogP contribution < -0.4 is 0 Å². The molecule has 0 N–H and O–H groups in total. The second-order valence-corrected chi connectivity index (χ2v) is 3.35. The Morgan fingerprint density at radius 1 is 1.29 bits per heavy atom. The Balaban J connectivity index is 3.03. The van der Waals surface area contributed by atoms with Gasteiger partial charge in [-0.1, -0.05) is 12.1 Å². The zero-order valence-corrected chi connectivity index (χ0v) is 7.96. The fourth-order valence-corrected chi connectivity index (χ4v) is 1.15. The normalized spacial score (nSPS) is 14.1. The van der Waals surface area contributed by atoms with Gasteiger partial charge < -0.3 is 0 Å². The van der Waals surface area contributed by atoms with Crippen molar-refractivity contribution in [2.75, 3.05) is 0 Å². The molecule has 0 saturated carbocycles. The minimum Gasteiger partial charge on any atom is -0.207 e. The quantitative estimate of drug-likeness (QED) is 0.502. The van der Waals surface area contributed by atoms with Crippen LogP contribution in [0.5, 0.6) is 0 Å². The lowest BCUT2D eigenvalue weighted by Gasteiger charge is -2.14. The lowest BCUT2D eigenvalue weighted by atomic mass is 10.1. The Labute approximate surface area is 83.5 Å². The molecule has 5 heteroatoms. The third kappa shape index (κ3) is 2.38. The van der Waals surface area contributed by atoms with E-state index in [1.54, 1.807) is 0 Å². The van der Waals surface area contributed by atoms with Crippen molar-refractivity contribution in [3.05, 3.63) is 35.1 Å². The molecular weight excluding hydrogens is 220 g/mol. The molecule has 0 aliphatic rings. The molecule has 0 aromatic heterocycles. The average Bonchev–Trinajstić information content (AvgIpc) is 2.07. The van der Waals surface area contributed by atoms with E-state index in [-0.39, 0.29) is 11.1 Å². The minimum atomic E-state index is -4.51. The van der Waals surface area contributed by atoms with Gasteiger partial charge in [-0.25, -0.2) is 4.39 Å². The molecule has 0 aliphatic carbocycles. The van der Waals surface area contributed by atoms with Crippen LogP contribution in [0.2, 0.25) is 0 Å². The molecule has 0 nitrogen and oxygen atoms in total. The smallest absolute Gasteiger partial charge is 0.207 e. The number of halogens is 5. The lowest BCUT2D eigenvalue weighted by Crippen LogP contribution is -2.15. The van der Waals surface area contributed by atoms with Crippen molar-refractivity contribution in [1.29, 1.82) is 0 Å². The maximum Gasteiger partial charge on any atom is 0.408 e. The van der Waals surface area contributed by atoms with Crippen LogP contribution in [0.4, 0.5) is 17.6 Å². The topological polar surface area (TPSA) is 0 Å². The standard InChI is InChI=1S/C9H7ClF4/c1-5-4-6(2-3-7(5)11)8(10)9(12,13)14/h2-4,8H,1H3. The first-order valence-electron chi connectivity index (χ1n) is 3.79. The van der Waals surface area contributed by atoms with E-state index >= 15 is 0 Å². The summed E-state index contributed by atoms with van der Waals surface area (Å²) >= 11 is 5.16. The molecule has 1 unspecified atom stereocenters. The van der Waals surface area contributed by atoms with Gasteiger partial charge in [0, 0.05) is 0 Å². The van der Waals surface area contributed by atoms with Crippen LogP contribution in [0.15, 0.2) is 18.2 Å². The summed E-state index contributed by atoms with van der Waals surface area (Å²) in [5, 5.41) is -2.08. The van der Waals surface area contributed by atoms with E-state index in [4.69, 9.17) is 11.6 Å². The SMILES string of the molecule is Cc1cc(C(Cl)C(F)(F)F)ccc1F. The van der Waals surface area contributed by atoms with Crippen molar-refractivity contribution in [3.63, 3.8) is 0 Å². The zero-order valence-electron chi connectivity index (χ0n) is 7.20. The molecule has 1 atom stereocenters. The minimum absolute atomic E-state index is 0.141. The van der Waals surface area contributed by atoms with Crippen molar-refractivity contribution in [1.82, 2.24) is 0 Å². The van der Waals surface area contributed by atoms with Gasteiger partial charge in [0.05, 0.1) is 0 Å². The van der Waals surface area contributed by atoms with Crippen LogP contribution in [0.3, 0.4) is 0 Å². The van der Waals surface area contributed by atoms with Crippen molar-refractivity contribution < 1.29 is 17.6 Å². The number of aryl methyl sites for hydroxylation is 1. The van der Waals surface area contributed by atoms with Crippen LogP contribution >= 0.6 is 11.6 Å². The van der Waals surface area contributed by atoms with Gasteiger partial charge in [0.25, 0.3) is 0 Å². The Morgan fingerprint density at radius 2 is 1.86 bits per heavy atom. The van der Waals surface area contributed by atoms with Gasteiger partial charge in [0.1, 0.15) is 5.82 Å². The number of hydrogen-bond donors (Lipinski definition) is 0. The van der Waals surface area contributed by atoms with Gasteiger partial charge in [0.2, 0.25) is 0 Å². The predicted molar refractivity (Wildman–Crippen MR) is 45.8 cm³/mol. The number of alkyl halides is 4. The molecule has 78 valence electrons. The number of benzene rings is 1. The molecule has 1 aromatic rings. The summed E-state index contributed by atoms with van der Waals surface area (Å²) in [6.45, 7) is 1.39. The maximum absolute atomic E-state index is 12.7. The van der Waals surface area contributed by atoms with E-state index in [9.17, 15) is 17.6 Å². The molecule has 0 fully saturated rings. The molecule has 1 aromatic carbocycles. The van der Waals surface area contributed by atoms with Gasteiger partial charge in [-0.05, 0) is 24.1 Å². The molecule has 0 saturated heterocycles. The fraction of sp³-hybridized carbons (Fsp3) is 0.333. The highest BCUT2D eigenvalue weighted by Crippen LogP contribution is 2.38. The second kappa shape index (κ2) is 3.77. The average molecular weight is 227 g/mol. The molecule has 0 aliphatic heterocycles. The monoisotopic (exact) mass is 226 g/mol. The zero-order chi connectivity index (χ0) is 10.9. The molecule has 0 spiro atoms. The third-order valence-corrected chi connectivity index (χ3v) is 2.26. The summed E-state index contributed by atoms with van der Waals surface area (Å²) < 4.78 is 49.2. The highest BCUT2D eigenvalue weighted by Gasteiger charge is 2.39. The number of hydrogen-bond acceptors (Lipinski definition) is 0. The van der Waals surface area contributed by atoms with Gasteiger partial charge in [-0.3, -0.25) is 0 Å². The van der Waals surface area contributed by atoms with Gasteiger partial charge in [-0.2, -0.15) is 13.2 Å². The largest absolute Gasteiger partial charge is 0.408 e. The first-order valence-corrected chi connectivity index (χ1v) is 4.23. The van der Waals surface area contributed by atoms with Crippen LogP contribution in [0, 0.1) is 12.7 Å². The van der Waals surface area contributed by atoms with E-state index in [0.29, 0.717) is 0 Å². The Morgan fingerprint density at radius 3 is 2.29 bits per heavy atom. The summed E-state index contributed by atoms with van der Waals surface area (Å²) in [5.41, 5.74) is 0.00969. The summed E-state index contributed by atoms with van der Waals surface area (Å²) in [5.74, 6) is -0.542. The Hall–Kier alpha value is -0.770. The first kappa shape index (κ1) is 11.3. The van der Waals surface area contributed by atoms with Crippen LogP contribution in [0.25, 0.3) is 0 Å². The van der Waals surface area contributed by atoms with Gasteiger partial charge in [-0.15, -0.1) is 11.6 Å². The molecule has 0 heterocycles. The van der Waals surface area contributed by atoms with Crippen molar-refractivity contribution in [2.24, 2.45) is 0 Å². The molecule has 0 bridgehead atoms. The Bertz CT molecular complexity index is 332. The van der Waals surface area contributed by atoms with E-state index in [1.165, 1.54) is 6.92 Å². The molecule has 1 rings (SSSR count). The molecule has 0 amide bonds. The molecule has 14 heavy (non-hydrogen) atoms. The summed E-state index contributed by atoms with van der Waals surface area (Å²) in [6.07, 6.45) is -4.51. The summed E-state index contributed by atoms with van der Waals surface area (Å²) in [4.78, 5) is 0. The van der Waals surface area contributed by atoms with Gasteiger partial charge >= 0.3 is 6.18 Å². The van der Waals surface area contributed by atoms with E-state index in [1.807, 2.05) is 0 Å². The van der Waals surface area contributed by atoms with E-state index < -0.39 is 17.4 Å². The number of rotatable bonds is 1. The third-order valence-electron chi connectivity index (χ3n) is 1.76. The first-order chi connectivity index (χ1) is 6.32. The van der Waals surface area contributed by atoms with Crippen molar-refractivity contribution in [3.8, 4) is 0 Å². The second-order valence-electron chi connectivity index (χ2n) is 2.91. The molecule has 0 radical (unpaired) electrons. The van der Waals surface area contributed by atoms with Crippen molar-refractivity contribution in [2.45, 2.75) is 18.5 Å². The fourth-order valence-electron chi connectivity index (χ4n) is 1.01. The van der Waals surface area contributed by atoms with Crippen LogP contribution in [-0.2, 0) is 0 Å². The Kier molecular flexibility index (Phi) is 3.04. The van der Waals surface area contributed by atoms with Crippen molar-refractivity contribution >= 4 is 11.6 Å². The van der Waals surface area contributed by atoms with Crippen LogP contribution in [-0.4, -0.2) is 6.18 Å². The van der Waals surface area contributed by atoms with E-state index in [0.717, 1.165) is 18.2 Å². The van der Waals surface area contributed by atoms with E-state index in [2.05, 4.69) is 0 Å². The molecular formula is C9H7ClF4. The van der Waals surface area contributed by atoms with Gasteiger partial charge in [0.15, 0.2) is 5.38 Å².